The number of hydrogen-bond acceptors (Lipinski definition) is 2. The van der Waals surface area contributed by atoms with Crippen LogP contribution >= 0.6 is 0 Å². The minimum Gasteiger partial charge on any atom is -0.317 e. The third-order valence-corrected chi connectivity index (χ3v) is 3.17. The van der Waals surface area contributed by atoms with E-state index in [1.54, 1.807) is 0 Å². The molecule has 0 radical (unpaired) electrons. The van der Waals surface area contributed by atoms with Gasteiger partial charge in [0.25, 0.3) is 0 Å². The van der Waals surface area contributed by atoms with E-state index in [1.807, 2.05) is 6.08 Å². The third-order valence-electron chi connectivity index (χ3n) is 3.17. The Hall–Kier alpha value is -0.340. The minimum absolute atomic E-state index is 0.877. The molecule has 88 valence electrons. The Balaban J connectivity index is 2.13. The molecule has 0 aromatic rings. The van der Waals surface area contributed by atoms with Gasteiger partial charge in [-0.2, -0.15) is 0 Å². The molecule has 0 aromatic heterocycles. The lowest BCUT2D eigenvalue weighted by Gasteiger charge is -2.32. The fraction of sp³-hybridized carbons (Fsp3) is 0.846. The molecule has 2 nitrogen and oxygen atoms in total. The van der Waals surface area contributed by atoms with E-state index < -0.39 is 0 Å². The highest BCUT2D eigenvalue weighted by molar-refractivity contribution is 4.75. The SMILES string of the molecule is C=CCCCN1CCCC(CNCC)C1. The first-order valence-electron chi connectivity index (χ1n) is 6.40. The zero-order valence-corrected chi connectivity index (χ0v) is 10.2. The van der Waals surface area contributed by atoms with Crippen molar-refractivity contribution in [3.63, 3.8) is 0 Å². The summed E-state index contributed by atoms with van der Waals surface area (Å²) < 4.78 is 0. The number of nitrogens with one attached hydrogen (secondary N) is 1. The molecule has 0 bridgehead atoms. The maximum absolute atomic E-state index is 3.77. The lowest BCUT2D eigenvalue weighted by Crippen LogP contribution is -2.40. The van der Waals surface area contributed by atoms with Crippen LogP contribution in [0.5, 0.6) is 0 Å². The van der Waals surface area contributed by atoms with E-state index in [2.05, 4.69) is 23.7 Å². The molecular weight excluding hydrogens is 184 g/mol. The molecule has 0 amide bonds. The molecule has 0 spiro atoms. The second kappa shape index (κ2) is 7.89. The van der Waals surface area contributed by atoms with E-state index in [9.17, 15) is 0 Å². The van der Waals surface area contributed by atoms with Gasteiger partial charge in [-0.15, -0.1) is 6.58 Å². The fourth-order valence-electron chi connectivity index (χ4n) is 2.33. The van der Waals surface area contributed by atoms with Gasteiger partial charge in [-0.05, 0) is 57.8 Å². The van der Waals surface area contributed by atoms with Gasteiger partial charge < -0.3 is 10.2 Å². The summed E-state index contributed by atoms with van der Waals surface area (Å²) in [6, 6.07) is 0. The van der Waals surface area contributed by atoms with Crippen LogP contribution < -0.4 is 5.32 Å². The first-order valence-corrected chi connectivity index (χ1v) is 6.40. The minimum atomic E-state index is 0.877. The molecule has 2 heteroatoms. The van der Waals surface area contributed by atoms with Crippen molar-refractivity contribution in [2.75, 3.05) is 32.7 Å². The Kier molecular flexibility index (Phi) is 6.69. The van der Waals surface area contributed by atoms with E-state index in [-0.39, 0.29) is 0 Å². The second-order valence-corrected chi connectivity index (χ2v) is 4.55. The van der Waals surface area contributed by atoms with E-state index in [0.717, 1.165) is 18.9 Å². The van der Waals surface area contributed by atoms with E-state index in [4.69, 9.17) is 0 Å². The van der Waals surface area contributed by atoms with Crippen LogP contribution in [0.2, 0.25) is 0 Å². The van der Waals surface area contributed by atoms with Crippen LogP contribution in [-0.2, 0) is 0 Å². The van der Waals surface area contributed by atoms with Crippen molar-refractivity contribution in [1.29, 1.82) is 0 Å². The van der Waals surface area contributed by atoms with Gasteiger partial charge in [-0.25, -0.2) is 0 Å². The third kappa shape index (κ3) is 5.33. The lowest BCUT2D eigenvalue weighted by atomic mass is 9.98. The lowest BCUT2D eigenvalue weighted by molar-refractivity contribution is 0.171. The van der Waals surface area contributed by atoms with Crippen LogP contribution in [0.25, 0.3) is 0 Å². The number of nitrogens with zero attached hydrogens (tertiary/aromatic N) is 1. The van der Waals surface area contributed by atoms with Crippen molar-refractivity contribution in [1.82, 2.24) is 10.2 Å². The van der Waals surface area contributed by atoms with Gasteiger partial charge in [0.05, 0.1) is 0 Å². The molecule has 1 unspecified atom stereocenters. The summed E-state index contributed by atoms with van der Waals surface area (Å²) in [6.07, 6.45) is 7.25. The zero-order valence-electron chi connectivity index (χ0n) is 10.2. The van der Waals surface area contributed by atoms with Crippen molar-refractivity contribution in [2.45, 2.75) is 32.6 Å². The van der Waals surface area contributed by atoms with Crippen LogP contribution in [0.4, 0.5) is 0 Å². The Morgan fingerprint density at radius 2 is 2.40 bits per heavy atom. The van der Waals surface area contributed by atoms with Crippen LogP contribution in [0, 0.1) is 5.92 Å². The number of piperidine rings is 1. The van der Waals surface area contributed by atoms with E-state index >= 15 is 0 Å². The van der Waals surface area contributed by atoms with Crippen molar-refractivity contribution in [3.8, 4) is 0 Å². The van der Waals surface area contributed by atoms with Gasteiger partial charge >= 0.3 is 0 Å². The average molecular weight is 210 g/mol. The quantitative estimate of drug-likeness (QED) is 0.512. The number of likely N-dealkylation sites (tertiary alicyclic amines) is 1. The smallest absolute Gasteiger partial charge is 0.00218 e. The van der Waals surface area contributed by atoms with Crippen molar-refractivity contribution in [2.24, 2.45) is 5.92 Å². The van der Waals surface area contributed by atoms with E-state index in [1.165, 1.54) is 45.4 Å². The monoisotopic (exact) mass is 210 g/mol. The molecule has 1 aliphatic rings. The van der Waals surface area contributed by atoms with Crippen LogP contribution in [0.1, 0.15) is 32.6 Å². The molecule has 15 heavy (non-hydrogen) atoms. The number of hydrogen-bond donors (Lipinski definition) is 1. The van der Waals surface area contributed by atoms with Crippen LogP contribution in [0.15, 0.2) is 12.7 Å². The molecule has 0 aliphatic carbocycles. The highest BCUT2D eigenvalue weighted by atomic mass is 15.1. The largest absolute Gasteiger partial charge is 0.317 e. The highest BCUT2D eigenvalue weighted by Gasteiger charge is 2.18. The summed E-state index contributed by atoms with van der Waals surface area (Å²) in [5, 5.41) is 3.46. The van der Waals surface area contributed by atoms with Gasteiger partial charge in [0.15, 0.2) is 0 Å². The molecule has 0 saturated carbocycles. The summed E-state index contributed by atoms with van der Waals surface area (Å²) in [5.41, 5.74) is 0. The standard InChI is InChI=1S/C13H26N2/c1-3-5-6-9-15-10-7-8-13(12-15)11-14-4-2/h3,13-14H,1,4-12H2,2H3. The molecule has 0 aromatic carbocycles. The molecule has 1 aliphatic heterocycles. The zero-order chi connectivity index (χ0) is 10.9. The van der Waals surface area contributed by atoms with Crippen molar-refractivity contribution in [3.05, 3.63) is 12.7 Å². The Bertz CT molecular complexity index is 168. The number of allylic oxidation sites excluding steroid dienone is 1. The van der Waals surface area contributed by atoms with Crippen molar-refractivity contribution < 1.29 is 0 Å². The summed E-state index contributed by atoms with van der Waals surface area (Å²) in [4.78, 5) is 2.62. The van der Waals surface area contributed by atoms with Gasteiger partial charge in [0, 0.05) is 6.54 Å². The Labute approximate surface area is 94.7 Å². The van der Waals surface area contributed by atoms with Gasteiger partial charge in [0.1, 0.15) is 0 Å². The number of rotatable bonds is 7. The van der Waals surface area contributed by atoms with E-state index in [0.29, 0.717) is 0 Å². The predicted molar refractivity (Wildman–Crippen MR) is 67.1 cm³/mol. The van der Waals surface area contributed by atoms with Crippen LogP contribution in [-0.4, -0.2) is 37.6 Å². The van der Waals surface area contributed by atoms with Crippen LogP contribution in [0.3, 0.4) is 0 Å². The van der Waals surface area contributed by atoms with Gasteiger partial charge in [-0.3, -0.25) is 0 Å². The maximum atomic E-state index is 3.77. The summed E-state index contributed by atoms with van der Waals surface area (Å²) >= 11 is 0. The normalized spacial score (nSPS) is 22.9. The highest BCUT2D eigenvalue weighted by Crippen LogP contribution is 2.16. The molecule has 1 N–H and O–H groups in total. The molecule has 1 rings (SSSR count). The Morgan fingerprint density at radius 3 is 3.13 bits per heavy atom. The molecule has 1 atom stereocenters. The van der Waals surface area contributed by atoms with Gasteiger partial charge in [0.2, 0.25) is 0 Å². The predicted octanol–water partition coefficient (Wildman–Crippen LogP) is 2.27. The van der Waals surface area contributed by atoms with Crippen molar-refractivity contribution >= 4 is 0 Å². The summed E-state index contributed by atoms with van der Waals surface area (Å²) in [5.74, 6) is 0.877. The van der Waals surface area contributed by atoms with Gasteiger partial charge in [-0.1, -0.05) is 13.0 Å². The number of unbranched alkanes of at least 4 members (excludes halogenated alkanes) is 1. The fourth-order valence-corrected chi connectivity index (χ4v) is 2.33. The molecule has 1 heterocycles. The average Bonchev–Trinajstić information content (AvgIpc) is 2.27. The molecule has 1 fully saturated rings. The topological polar surface area (TPSA) is 15.3 Å². The first-order chi connectivity index (χ1) is 7.36. The second-order valence-electron chi connectivity index (χ2n) is 4.55. The molecule has 1 saturated heterocycles. The molecular formula is C13H26N2. The maximum Gasteiger partial charge on any atom is 0.00218 e. The Morgan fingerprint density at radius 1 is 1.53 bits per heavy atom. The summed E-state index contributed by atoms with van der Waals surface area (Å²) in [6.45, 7) is 12.1. The first kappa shape index (κ1) is 12.7. The summed E-state index contributed by atoms with van der Waals surface area (Å²) in [7, 11) is 0.